The van der Waals surface area contributed by atoms with Gasteiger partial charge in [0, 0.05) is 5.56 Å². The minimum atomic E-state index is -0.251. The van der Waals surface area contributed by atoms with Gasteiger partial charge in [0.15, 0.2) is 11.5 Å². The van der Waals surface area contributed by atoms with Crippen molar-refractivity contribution in [3.8, 4) is 17.2 Å². The highest BCUT2D eigenvalue weighted by molar-refractivity contribution is 7.12. The molecule has 0 aliphatic carbocycles. The summed E-state index contributed by atoms with van der Waals surface area (Å²) >= 11 is 1.35. The molecule has 0 saturated carbocycles. The van der Waals surface area contributed by atoms with Crippen molar-refractivity contribution >= 4 is 23.5 Å². The molecular weight excluding hydrogens is 304 g/mol. The molecule has 1 heterocycles. The van der Waals surface area contributed by atoms with Crippen LogP contribution in [0.2, 0.25) is 0 Å². The zero-order valence-corrected chi connectivity index (χ0v) is 13.3. The smallest absolute Gasteiger partial charge is 0.281 e. The van der Waals surface area contributed by atoms with Gasteiger partial charge in [-0.25, -0.2) is 5.43 Å². The average Bonchev–Trinajstić information content (AvgIpc) is 3.08. The number of benzene rings is 1. The maximum Gasteiger partial charge on any atom is 0.281 e. The Morgan fingerprint density at radius 1 is 1.18 bits per heavy atom. The number of methoxy groups -OCH3 is 3. The van der Waals surface area contributed by atoms with Gasteiger partial charge in [0.1, 0.15) is 0 Å². The minimum Gasteiger partial charge on any atom is -0.493 e. The molecule has 0 fully saturated rings. The van der Waals surface area contributed by atoms with Gasteiger partial charge in [0.25, 0.3) is 5.91 Å². The first kappa shape index (κ1) is 15.8. The van der Waals surface area contributed by atoms with Gasteiger partial charge in [0.2, 0.25) is 5.75 Å². The van der Waals surface area contributed by atoms with E-state index in [0.717, 1.165) is 0 Å². The second-order valence-electron chi connectivity index (χ2n) is 4.14. The minimum absolute atomic E-state index is 0.251. The highest BCUT2D eigenvalue weighted by atomic mass is 32.1. The summed E-state index contributed by atoms with van der Waals surface area (Å²) in [5, 5.41) is 5.77. The van der Waals surface area contributed by atoms with Crippen LogP contribution in [0.15, 0.2) is 34.7 Å². The summed E-state index contributed by atoms with van der Waals surface area (Å²) in [6.07, 6.45) is 1.51. The van der Waals surface area contributed by atoms with Crippen molar-refractivity contribution in [3.05, 3.63) is 40.1 Å². The van der Waals surface area contributed by atoms with E-state index in [9.17, 15) is 4.79 Å². The van der Waals surface area contributed by atoms with Crippen LogP contribution in [0.1, 0.15) is 15.2 Å². The molecule has 0 saturated heterocycles. The monoisotopic (exact) mass is 320 g/mol. The Balaban J connectivity index is 2.15. The molecule has 2 aromatic rings. The lowest BCUT2D eigenvalue weighted by molar-refractivity contribution is 0.0959. The molecule has 1 N–H and O–H groups in total. The van der Waals surface area contributed by atoms with Gasteiger partial charge in [-0.3, -0.25) is 4.79 Å². The van der Waals surface area contributed by atoms with E-state index < -0.39 is 0 Å². The maximum absolute atomic E-state index is 11.8. The molecule has 22 heavy (non-hydrogen) atoms. The van der Waals surface area contributed by atoms with Gasteiger partial charge in [-0.05, 0) is 23.6 Å². The van der Waals surface area contributed by atoms with Crippen LogP contribution >= 0.6 is 11.3 Å². The van der Waals surface area contributed by atoms with Crippen LogP contribution in [-0.4, -0.2) is 33.5 Å². The van der Waals surface area contributed by atoms with Crippen LogP contribution in [-0.2, 0) is 0 Å². The highest BCUT2D eigenvalue weighted by Gasteiger charge is 2.12. The normalized spacial score (nSPS) is 10.5. The van der Waals surface area contributed by atoms with Crippen molar-refractivity contribution in [2.24, 2.45) is 5.10 Å². The fourth-order valence-electron chi connectivity index (χ4n) is 1.80. The molecule has 6 nitrogen and oxygen atoms in total. The van der Waals surface area contributed by atoms with Crippen molar-refractivity contribution in [1.82, 2.24) is 5.43 Å². The fraction of sp³-hybridized carbons (Fsp3) is 0.200. The predicted octanol–water partition coefficient (Wildman–Crippen LogP) is 2.54. The van der Waals surface area contributed by atoms with Gasteiger partial charge in [-0.2, -0.15) is 5.10 Å². The van der Waals surface area contributed by atoms with Gasteiger partial charge >= 0.3 is 0 Å². The fourth-order valence-corrected chi connectivity index (χ4v) is 2.42. The Morgan fingerprint density at radius 2 is 1.86 bits per heavy atom. The Bertz CT molecular complexity index is 643. The van der Waals surface area contributed by atoms with E-state index in [1.54, 1.807) is 18.2 Å². The first-order valence-corrected chi connectivity index (χ1v) is 7.24. The number of carbonyl (C=O) groups excluding carboxylic acids is 1. The molecule has 7 heteroatoms. The van der Waals surface area contributed by atoms with E-state index in [1.807, 2.05) is 11.4 Å². The molecule has 0 bridgehead atoms. The quantitative estimate of drug-likeness (QED) is 0.656. The number of nitrogens with zero attached hydrogens (tertiary/aromatic N) is 1. The summed E-state index contributed by atoms with van der Waals surface area (Å²) < 4.78 is 15.7. The Hall–Kier alpha value is -2.54. The number of hydrogen-bond donors (Lipinski definition) is 1. The van der Waals surface area contributed by atoms with Crippen LogP contribution in [0, 0.1) is 0 Å². The van der Waals surface area contributed by atoms with E-state index in [1.165, 1.54) is 38.9 Å². The van der Waals surface area contributed by atoms with Gasteiger partial charge < -0.3 is 14.2 Å². The molecule has 1 amide bonds. The molecule has 1 aromatic heterocycles. The summed E-state index contributed by atoms with van der Waals surface area (Å²) in [5.41, 5.74) is 3.17. The average molecular weight is 320 g/mol. The van der Waals surface area contributed by atoms with Crippen molar-refractivity contribution in [3.63, 3.8) is 0 Å². The highest BCUT2D eigenvalue weighted by Crippen LogP contribution is 2.37. The van der Waals surface area contributed by atoms with Crippen molar-refractivity contribution in [2.45, 2.75) is 0 Å². The number of hydrazone groups is 1. The number of ether oxygens (including phenoxy) is 3. The second-order valence-corrected chi connectivity index (χ2v) is 5.08. The number of hydrogen-bond acceptors (Lipinski definition) is 6. The Morgan fingerprint density at radius 3 is 2.36 bits per heavy atom. The third kappa shape index (κ3) is 3.56. The molecule has 0 unspecified atom stereocenters. The van der Waals surface area contributed by atoms with Crippen molar-refractivity contribution in [2.75, 3.05) is 21.3 Å². The van der Waals surface area contributed by atoms with Crippen LogP contribution in [0.4, 0.5) is 0 Å². The van der Waals surface area contributed by atoms with E-state index in [0.29, 0.717) is 27.7 Å². The molecule has 2 rings (SSSR count). The van der Waals surface area contributed by atoms with Crippen LogP contribution in [0.25, 0.3) is 0 Å². The van der Waals surface area contributed by atoms with Crippen LogP contribution < -0.4 is 19.6 Å². The molecule has 0 atom stereocenters. The number of carbonyl (C=O) groups is 1. The van der Waals surface area contributed by atoms with Crippen LogP contribution in [0.5, 0.6) is 17.2 Å². The first-order valence-electron chi connectivity index (χ1n) is 6.36. The van der Waals surface area contributed by atoms with Gasteiger partial charge in [-0.1, -0.05) is 6.07 Å². The predicted molar refractivity (Wildman–Crippen MR) is 85.5 cm³/mol. The zero-order chi connectivity index (χ0) is 15.9. The maximum atomic E-state index is 11.8. The molecule has 0 radical (unpaired) electrons. The number of rotatable bonds is 6. The standard InChI is InChI=1S/C15H16N2O4S/c1-19-11-7-10(8-12(20-2)14(11)21-3)9-16-17-15(18)13-5-4-6-22-13/h4-9H,1-3H3,(H,17,18)/b16-9+. The number of thiophene rings is 1. The molecule has 116 valence electrons. The number of nitrogens with one attached hydrogen (secondary N) is 1. The van der Waals surface area contributed by atoms with E-state index in [4.69, 9.17) is 14.2 Å². The van der Waals surface area contributed by atoms with Gasteiger partial charge in [0.05, 0.1) is 32.4 Å². The topological polar surface area (TPSA) is 69.2 Å². The largest absolute Gasteiger partial charge is 0.493 e. The summed E-state index contributed by atoms with van der Waals surface area (Å²) in [5.74, 6) is 1.30. The van der Waals surface area contributed by atoms with Crippen molar-refractivity contribution in [1.29, 1.82) is 0 Å². The third-order valence-corrected chi connectivity index (χ3v) is 3.68. The molecule has 0 aliphatic rings. The Labute approximate surface area is 132 Å². The summed E-state index contributed by atoms with van der Waals surface area (Å²) in [4.78, 5) is 12.4. The summed E-state index contributed by atoms with van der Waals surface area (Å²) in [7, 11) is 4.61. The van der Waals surface area contributed by atoms with Crippen molar-refractivity contribution < 1.29 is 19.0 Å². The van der Waals surface area contributed by atoms with Gasteiger partial charge in [-0.15, -0.1) is 11.3 Å². The van der Waals surface area contributed by atoms with Crippen LogP contribution in [0.3, 0.4) is 0 Å². The molecule has 0 spiro atoms. The SMILES string of the molecule is COc1cc(/C=N/NC(=O)c2cccs2)cc(OC)c1OC. The third-order valence-electron chi connectivity index (χ3n) is 2.81. The lowest BCUT2D eigenvalue weighted by Crippen LogP contribution is -2.16. The zero-order valence-electron chi connectivity index (χ0n) is 12.5. The summed E-state index contributed by atoms with van der Waals surface area (Å²) in [6.45, 7) is 0. The number of amides is 1. The first-order chi connectivity index (χ1) is 10.7. The Kier molecular flexibility index (Phi) is 5.37. The van der Waals surface area contributed by atoms with E-state index >= 15 is 0 Å². The molecule has 0 aliphatic heterocycles. The summed E-state index contributed by atoms with van der Waals surface area (Å²) in [6, 6.07) is 7.02. The molecular formula is C15H16N2O4S. The van der Waals surface area contributed by atoms with E-state index in [-0.39, 0.29) is 5.91 Å². The second kappa shape index (κ2) is 7.46. The lowest BCUT2D eigenvalue weighted by Gasteiger charge is -2.12. The van der Waals surface area contributed by atoms with E-state index in [2.05, 4.69) is 10.5 Å². The lowest BCUT2D eigenvalue weighted by atomic mass is 10.2. The molecule has 1 aromatic carbocycles.